The second-order valence-corrected chi connectivity index (χ2v) is 3.52. The highest BCUT2D eigenvalue weighted by molar-refractivity contribution is 5.69. The van der Waals surface area contributed by atoms with Crippen LogP contribution < -0.4 is 4.74 Å². The summed E-state index contributed by atoms with van der Waals surface area (Å²) < 4.78 is 22.6. The molecule has 0 bridgehead atoms. The van der Waals surface area contributed by atoms with Crippen LogP contribution in [0.15, 0.2) is 18.2 Å². The molecule has 94 valence electrons. The van der Waals surface area contributed by atoms with Gasteiger partial charge in [-0.3, -0.25) is 4.79 Å². The van der Waals surface area contributed by atoms with Gasteiger partial charge in [0.2, 0.25) is 0 Å². The lowest BCUT2D eigenvalue weighted by molar-refractivity contribution is -0.141. The molecule has 0 aromatic heterocycles. The van der Waals surface area contributed by atoms with Crippen LogP contribution in [0.4, 0.5) is 4.39 Å². The second kappa shape index (κ2) is 6.20. The predicted molar refractivity (Wildman–Crippen MR) is 59.2 cm³/mol. The first-order chi connectivity index (χ1) is 8.08. The summed E-state index contributed by atoms with van der Waals surface area (Å²) in [6.45, 7) is 0. The molecule has 1 aromatic rings. The van der Waals surface area contributed by atoms with Crippen LogP contribution in [0.3, 0.4) is 0 Å². The van der Waals surface area contributed by atoms with Crippen LogP contribution in [0, 0.1) is 5.82 Å². The fraction of sp³-hybridized carbons (Fsp3) is 0.417. The zero-order valence-corrected chi connectivity index (χ0v) is 9.77. The van der Waals surface area contributed by atoms with Crippen LogP contribution in [0.25, 0.3) is 0 Å². The third-order valence-corrected chi connectivity index (χ3v) is 2.41. The van der Waals surface area contributed by atoms with Crippen molar-refractivity contribution >= 4 is 5.97 Å². The summed E-state index contributed by atoms with van der Waals surface area (Å²) in [5.41, 5.74) is 0.409. The van der Waals surface area contributed by atoms with Gasteiger partial charge in [-0.2, -0.15) is 0 Å². The number of aliphatic hydroxyl groups is 1. The van der Waals surface area contributed by atoms with Gasteiger partial charge >= 0.3 is 5.97 Å². The minimum Gasteiger partial charge on any atom is -0.494 e. The minimum absolute atomic E-state index is 0.0886. The quantitative estimate of drug-likeness (QED) is 0.800. The van der Waals surface area contributed by atoms with Crippen LogP contribution in [-0.2, 0) is 9.53 Å². The highest BCUT2D eigenvalue weighted by Crippen LogP contribution is 2.24. The lowest BCUT2D eigenvalue weighted by Crippen LogP contribution is -2.05. The van der Waals surface area contributed by atoms with Gasteiger partial charge in [-0.25, -0.2) is 4.39 Å². The molecule has 0 spiro atoms. The molecule has 0 fully saturated rings. The van der Waals surface area contributed by atoms with Crippen molar-refractivity contribution in [2.24, 2.45) is 0 Å². The number of methoxy groups -OCH3 is 2. The molecule has 0 radical (unpaired) electrons. The van der Waals surface area contributed by atoms with E-state index in [0.717, 1.165) is 0 Å². The molecule has 1 atom stereocenters. The van der Waals surface area contributed by atoms with Crippen LogP contribution in [0.2, 0.25) is 0 Å². The number of esters is 1. The summed E-state index contributed by atoms with van der Waals surface area (Å²) in [5.74, 6) is -0.825. The van der Waals surface area contributed by atoms with Gasteiger partial charge in [-0.05, 0) is 24.1 Å². The maximum Gasteiger partial charge on any atom is 0.305 e. The van der Waals surface area contributed by atoms with Crippen molar-refractivity contribution < 1.29 is 23.8 Å². The topological polar surface area (TPSA) is 55.8 Å². The van der Waals surface area contributed by atoms with Gasteiger partial charge in [0, 0.05) is 6.42 Å². The molecule has 1 rings (SSSR count). The Bertz CT molecular complexity index is 392. The van der Waals surface area contributed by atoms with E-state index in [1.54, 1.807) is 6.07 Å². The van der Waals surface area contributed by atoms with Crippen molar-refractivity contribution in [2.75, 3.05) is 14.2 Å². The molecule has 1 N–H and O–H groups in total. The molecule has 0 heterocycles. The lowest BCUT2D eigenvalue weighted by Gasteiger charge is -2.11. The van der Waals surface area contributed by atoms with Gasteiger partial charge < -0.3 is 14.6 Å². The fourth-order valence-electron chi connectivity index (χ4n) is 1.41. The average molecular weight is 242 g/mol. The second-order valence-electron chi connectivity index (χ2n) is 3.52. The molecule has 1 unspecified atom stereocenters. The van der Waals surface area contributed by atoms with Crippen LogP contribution in [0.1, 0.15) is 24.5 Å². The zero-order chi connectivity index (χ0) is 12.8. The summed E-state index contributed by atoms with van der Waals surface area (Å²) in [6.07, 6.45) is -0.612. The zero-order valence-electron chi connectivity index (χ0n) is 9.77. The Balaban J connectivity index is 2.66. The maximum atomic E-state index is 13.3. The Kier molecular flexibility index (Phi) is 4.90. The Labute approximate surface area is 99.0 Å². The van der Waals surface area contributed by atoms with E-state index in [9.17, 15) is 14.3 Å². The summed E-state index contributed by atoms with van der Waals surface area (Å²) in [4.78, 5) is 10.9. The molecule has 17 heavy (non-hydrogen) atoms. The van der Waals surface area contributed by atoms with Gasteiger partial charge in [0.1, 0.15) is 0 Å². The minimum atomic E-state index is -0.894. The number of rotatable bonds is 5. The molecule has 0 aliphatic heterocycles. The summed E-state index contributed by atoms with van der Waals surface area (Å²) in [6, 6.07) is 4.19. The van der Waals surface area contributed by atoms with E-state index in [0.29, 0.717) is 5.56 Å². The SMILES string of the molecule is COC(=O)CCC(O)c1ccc(OC)c(F)c1. The van der Waals surface area contributed by atoms with E-state index < -0.39 is 17.9 Å². The van der Waals surface area contributed by atoms with Crippen LogP contribution >= 0.6 is 0 Å². The normalized spacial score (nSPS) is 12.0. The molecule has 5 heteroatoms. The van der Waals surface area contributed by atoms with E-state index in [-0.39, 0.29) is 18.6 Å². The Morgan fingerprint density at radius 3 is 2.71 bits per heavy atom. The Morgan fingerprint density at radius 1 is 1.47 bits per heavy atom. The van der Waals surface area contributed by atoms with Crippen molar-refractivity contribution in [1.29, 1.82) is 0 Å². The predicted octanol–water partition coefficient (Wildman–Crippen LogP) is 1.82. The smallest absolute Gasteiger partial charge is 0.305 e. The van der Waals surface area contributed by atoms with Crippen molar-refractivity contribution in [3.63, 3.8) is 0 Å². The van der Waals surface area contributed by atoms with Gasteiger partial charge in [0.25, 0.3) is 0 Å². The number of ether oxygens (including phenoxy) is 2. The summed E-state index contributed by atoms with van der Waals surface area (Å²) in [5, 5.41) is 9.74. The number of carbonyl (C=O) groups excluding carboxylic acids is 1. The molecule has 0 saturated carbocycles. The van der Waals surface area contributed by atoms with E-state index >= 15 is 0 Å². The molecule has 0 saturated heterocycles. The largest absolute Gasteiger partial charge is 0.494 e. The standard InChI is InChI=1S/C12H15FO4/c1-16-11-5-3-8(7-9(11)13)10(14)4-6-12(15)17-2/h3,5,7,10,14H,4,6H2,1-2H3. The van der Waals surface area contributed by atoms with E-state index in [2.05, 4.69) is 4.74 Å². The molecule has 4 nitrogen and oxygen atoms in total. The highest BCUT2D eigenvalue weighted by atomic mass is 19.1. The van der Waals surface area contributed by atoms with Gasteiger partial charge in [-0.1, -0.05) is 6.07 Å². The number of carbonyl (C=O) groups is 1. The lowest BCUT2D eigenvalue weighted by atomic mass is 10.0. The molecule has 1 aromatic carbocycles. The first-order valence-electron chi connectivity index (χ1n) is 5.16. The van der Waals surface area contributed by atoms with E-state index in [4.69, 9.17) is 4.74 Å². The highest BCUT2D eigenvalue weighted by Gasteiger charge is 2.13. The first kappa shape index (κ1) is 13.4. The van der Waals surface area contributed by atoms with Crippen molar-refractivity contribution in [1.82, 2.24) is 0 Å². The number of hydrogen-bond acceptors (Lipinski definition) is 4. The fourth-order valence-corrected chi connectivity index (χ4v) is 1.41. The van der Waals surface area contributed by atoms with E-state index in [1.165, 1.54) is 26.4 Å². The maximum absolute atomic E-state index is 13.3. The average Bonchev–Trinajstić information content (AvgIpc) is 2.35. The molecule has 0 aliphatic rings. The van der Waals surface area contributed by atoms with E-state index in [1.807, 2.05) is 0 Å². The Morgan fingerprint density at radius 2 is 2.18 bits per heavy atom. The monoisotopic (exact) mass is 242 g/mol. The number of aliphatic hydroxyl groups excluding tert-OH is 1. The molecular weight excluding hydrogens is 227 g/mol. The third-order valence-electron chi connectivity index (χ3n) is 2.41. The van der Waals surface area contributed by atoms with Crippen LogP contribution in [-0.4, -0.2) is 25.3 Å². The molecule has 0 amide bonds. The van der Waals surface area contributed by atoms with Gasteiger partial charge in [0.15, 0.2) is 11.6 Å². The van der Waals surface area contributed by atoms with Crippen molar-refractivity contribution in [2.45, 2.75) is 18.9 Å². The van der Waals surface area contributed by atoms with Crippen molar-refractivity contribution in [3.05, 3.63) is 29.6 Å². The molecular formula is C12H15FO4. The first-order valence-corrected chi connectivity index (χ1v) is 5.16. The Hall–Kier alpha value is -1.62. The molecule has 0 aliphatic carbocycles. The summed E-state index contributed by atoms with van der Waals surface area (Å²) in [7, 11) is 2.65. The summed E-state index contributed by atoms with van der Waals surface area (Å²) >= 11 is 0. The number of benzene rings is 1. The van der Waals surface area contributed by atoms with Gasteiger partial charge in [-0.15, -0.1) is 0 Å². The van der Waals surface area contributed by atoms with Crippen molar-refractivity contribution in [3.8, 4) is 5.75 Å². The van der Waals surface area contributed by atoms with Gasteiger partial charge in [0.05, 0.1) is 20.3 Å². The van der Waals surface area contributed by atoms with Crippen LogP contribution in [0.5, 0.6) is 5.75 Å². The number of halogens is 1. The number of hydrogen-bond donors (Lipinski definition) is 1. The third kappa shape index (κ3) is 3.71.